The van der Waals surface area contributed by atoms with Gasteiger partial charge >= 0.3 is 0 Å². The van der Waals surface area contributed by atoms with Crippen molar-refractivity contribution in [1.29, 1.82) is 0 Å². The Labute approximate surface area is 154 Å². The minimum absolute atomic E-state index is 0.119. The number of hydrogen-bond donors (Lipinski definition) is 0. The second-order valence-corrected chi connectivity index (χ2v) is 8.01. The maximum absolute atomic E-state index is 12.6. The predicted molar refractivity (Wildman–Crippen MR) is 100 cm³/mol. The Morgan fingerprint density at radius 1 is 1.20 bits per heavy atom. The first-order valence-corrected chi connectivity index (χ1v) is 9.70. The van der Waals surface area contributed by atoms with Gasteiger partial charge in [0.15, 0.2) is 16.7 Å². The number of amides is 1. The summed E-state index contributed by atoms with van der Waals surface area (Å²) in [5.74, 6) is 2.30. The van der Waals surface area contributed by atoms with Crippen LogP contribution in [-0.4, -0.2) is 43.4 Å². The molecule has 0 N–H and O–H groups in total. The number of aromatic nitrogens is 3. The molecule has 0 saturated heterocycles. The van der Waals surface area contributed by atoms with E-state index in [0.717, 1.165) is 11.7 Å². The topological polar surface area (TPSA) is 64.2 Å². The van der Waals surface area contributed by atoms with E-state index in [9.17, 15) is 4.79 Å². The highest BCUT2D eigenvalue weighted by Crippen LogP contribution is 2.26. The van der Waals surface area contributed by atoms with Crippen molar-refractivity contribution in [2.75, 3.05) is 5.75 Å². The van der Waals surface area contributed by atoms with Gasteiger partial charge in [-0.25, -0.2) is 0 Å². The van der Waals surface area contributed by atoms with Gasteiger partial charge in [-0.3, -0.25) is 9.36 Å². The number of carbonyl (C=O) groups excluding carboxylic acids is 1. The second kappa shape index (κ2) is 8.56. The summed E-state index contributed by atoms with van der Waals surface area (Å²) in [6.45, 7) is 13.2. The Bertz CT molecular complexity index is 669. The molecule has 0 fully saturated rings. The largest absolute Gasteiger partial charge is 0.461 e. The average molecular weight is 365 g/mol. The molecule has 2 heterocycles. The molecule has 0 aliphatic carbocycles. The third-order valence-corrected chi connectivity index (χ3v) is 4.68. The third kappa shape index (κ3) is 4.87. The lowest BCUT2D eigenvalue weighted by Gasteiger charge is -2.30. The van der Waals surface area contributed by atoms with Gasteiger partial charge in [0, 0.05) is 18.6 Å². The van der Waals surface area contributed by atoms with Crippen LogP contribution in [0.15, 0.2) is 28.0 Å². The van der Waals surface area contributed by atoms with Gasteiger partial charge < -0.3 is 9.32 Å². The summed E-state index contributed by atoms with van der Waals surface area (Å²) < 4.78 is 7.51. The van der Waals surface area contributed by atoms with E-state index in [0.29, 0.717) is 23.3 Å². The highest BCUT2D eigenvalue weighted by molar-refractivity contribution is 7.99. The van der Waals surface area contributed by atoms with Gasteiger partial charge in [-0.15, -0.1) is 10.2 Å². The Balaban J connectivity index is 2.18. The van der Waals surface area contributed by atoms with Crippen molar-refractivity contribution >= 4 is 17.7 Å². The third-order valence-electron chi connectivity index (χ3n) is 3.73. The van der Waals surface area contributed by atoms with Crippen molar-refractivity contribution in [1.82, 2.24) is 19.7 Å². The lowest BCUT2D eigenvalue weighted by atomic mass is 10.2. The lowest BCUT2D eigenvalue weighted by Crippen LogP contribution is -2.43. The van der Waals surface area contributed by atoms with E-state index in [2.05, 4.69) is 24.0 Å². The molecular formula is C18H28N4O2S. The van der Waals surface area contributed by atoms with Crippen LogP contribution in [0.2, 0.25) is 0 Å². The van der Waals surface area contributed by atoms with E-state index >= 15 is 0 Å². The minimum atomic E-state index is 0.119. The summed E-state index contributed by atoms with van der Waals surface area (Å²) in [5, 5.41) is 9.32. The van der Waals surface area contributed by atoms with Gasteiger partial charge in [0.1, 0.15) is 0 Å². The molecule has 0 unspecified atom stereocenters. The Hall–Kier alpha value is -1.76. The first-order chi connectivity index (χ1) is 11.8. The van der Waals surface area contributed by atoms with Crippen LogP contribution in [0.5, 0.6) is 0 Å². The van der Waals surface area contributed by atoms with E-state index in [4.69, 9.17) is 4.42 Å². The number of furan rings is 1. The molecule has 138 valence electrons. The summed E-state index contributed by atoms with van der Waals surface area (Å²) in [5.41, 5.74) is 0. The molecule has 2 rings (SSSR count). The Kier molecular flexibility index (Phi) is 6.70. The van der Waals surface area contributed by atoms with Crippen LogP contribution < -0.4 is 0 Å². The fourth-order valence-electron chi connectivity index (χ4n) is 2.89. The van der Waals surface area contributed by atoms with Crippen LogP contribution in [-0.2, 0) is 11.3 Å². The van der Waals surface area contributed by atoms with Crippen LogP contribution in [0, 0.1) is 5.92 Å². The zero-order chi connectivity index (χ0) is 18.6. The van der Waals surface area contributed by atoms with Gasteiger partial charge in [-0.2, -0.15) is 0 Å². The van der Waals surface area contributed by atoms with Crippen LogP contribution in [0.3, 0.4) is 0 Å². The fourth-order valence-corrected chi connectivity index (χ4v) is 3.70. The highest BCUT2D eigenvalue weighted by Gasteiger charge is 2.22. The predicted octanol–water partition coefficient (Wildman–Crippen LogP) is 3.93. The summed E-state index contributed by atoms with van der Waals surface area (Å²) in [4.78, 5) is 14.5. The molecule has 0 radical (unpaired) electrons. The van der Waals surface area contributed by atoms with E-state index in [1.54, 1.807) is 6.26 Å². The highest BCUT2D eigenvalue weighted by atomic mass is 32.2. The van der Waals surface area contributed by atoms with Crippen LogP contribution >= 0.6 is 11.8 Å². The Morgan fingerprint density at radius 3 is 2.40 bits per heavy atom. The number of thioether (sulfide) groups is 1. The van der Waals surface area contributed by atoms with Crippen molar-refractivity contribution in [3.63, 3.8) is 0 Å². The maximum Gasteiger partial charge on any atom is 0.233 e. The summed E-state index contributed by atoms with van der Waals surface area (Å²) in [6, 6.07) is 4.07. The van der Waals surface area contributed by atoms with Crippen LogP contribution in [0.25, 0.3) is 11.6 Å². The van der Waals surface area contributed by atoms with Crippen molar-refractivity contribution in [3.05, 3.63) is 18.4 Å². The van der Waals surface area contributed by atoms with E-state index in [1.807, 2.05) is 49.3 Å². The van der Waals surface area contributed by atoms with Gasteiger partial charge in [0.25, 0.3) is 0 Å². The first kappa shape index (κ1) is 19.6. The molecule has 6 nitrogen and oxygen atoms in total. The quantitative estimate of drug-likeness (QED) is 0.664. The van der Waals surface area contributed by atoms with Crippen molar-refractivity contribution in [2.45, 2.75) is 65.3 Å². The SMILES string of the molecule is CC(C)Cn1c(SCC(=O)N(C(C)C)C(C)C)nnc1-c1ccco1. The average Bonchev–Trinajstić information content (AvgIpc) is 3.13. The maximum atomic E-state index is 12.6. The van der Waals surface area contributed by atoms with Gasteiger partial charge in [-0.05, 0) is 45.7 Å². The van der Waals surface area contributed by atoms with Gasteiger partial charge in [0.05, 0.1) is 12.0 Å². The van der Waals surface area contributed by atoms with Crippen LogP contribution in [0.1, 0.15) is 41.5 Å². The second-order valence-electron chi connectivity index (χ2n) is 7.07. The molecule has 0 atom stereocenters. The van der Waals surface area contributed by atoms with Crippen LogP contribution in [0.4, 0.5) is 0 Å². The standard InChI is InChI=1S/C18H28N4O2S/c1-12(2)10-21-17(15-8-7-9-24-15)19-20-18(21)25-11-16(23)22(13(3)4)14(5)6/h7-9,12-14H,10-11H2,1-6H3. The van der Waals surface area contributed by atoms with Gasteiger partial charge in [0.2, 0.25) is 5.91 Å². The molecule has 2 aromatic heterocycles. The number of nitrogens with zero attached hydrogens (tertiary/aromatic N) is 4. The fraction of sp³-hybridized carbons (Fsp3) is 0.611. The molecule has 0 saturated carbocycles. The smallest absolute Gasteiger partial charge is 0.233 e. The zero-order valence-electron chi connectivity index (χ0n) is 15.9. The van der Waals surface area contributed by atoms with E-state index < -0.39 is 0 Å². The Morgan fingerprint density at radius 2 is 1.88 bits per heavy atom. The monoisotopic (exact) mass is 364 g/mol. The summed E-state index contributed by atoms with van der Waals surface area (Å²) in [6.07, 6.45) is 1.63. The molecule has 0 bridgehead atoms. The van der Waals surface area contributed by atoms with E-state index in [1.165, 1.54) is 11.8 Å². The molecule has 25 heavy (non-hydrogen) atoms. The van der Waals surface area contributed by atoms with Crippen molar-refractivity contribution in [2.24, 2.45) is 5.92 Å². The van der Waals surface area contributed by atoms with E-state index in [-0.39, 0.29) is 18.0 Å². The number of rotatable bonds is 8. The number of hydrogen-bond acceptors (Lipinski definition) is 5. The summed E-state index contributed by atoms with van der Waals surface area (Å²) in [7, 11) is 0. The van der Waals surface area contributed by atoms with Gasteiger partial charge in [-0.1, -0.05) is 25.6 Å². The lowest BCUT2D eigenvalue weighted by molar-refractivity contribution is -0.131. The summed E-state index contributed by atoms with van der Waals surface area (Å²) >= 11 is 1.43. The molecule has 7 heteroatoms. The molecule has 1 amide bonds. The first-order valence-electron chi connectivity index (χ1n) is 8.72. The number of carbonyl (C=O) groups is 1. The normalized spacial score (nSPS) is 11.7. The van der Waals surface area contributed by atoms with Crippen molar-refractivity contribution in [3.8, 4) is 11.6 Å². The minimum Gasteiger partial charge on any atom is -0.461 e. The molecular weight excluding hydrogens is 336 g/mol. The molecule has 0 aliphatic heterocycles. The molecule has 0 spiro atoms. The zero-order valence-corrected chi connectivity index (χ0v) is 16.7. The molecule has 0 aliphatic rings. The van der Waals surface area contributed by atoms with Crippen molar-refractivity contribution < 1.29 is 9.21 Å². The molecule has 0 aromatic carbocycles. The molecule has 2 aromatic rings.